The van der Waals surface area contributed by atoms with Crippen molar-refractivity contribution in [2.45, 2.75) is 39.0 Å². The highest BCUT2D eigenvalue weighted by atomic mass is 16.1. The van der Waals surface area contributed by atoms with Crippen LogP contribution in [0.5, 0.6) is 0 Å². The average molecular weight is 190 g/mol. The Labute approximate surface area is 85.6 Å². The van der Waals surface area contributed by atoms with Crippen molar-refractivity contribution in [3.8, 4) is 0 Å². The summed E-state index contributed by atoms with van der Waals surface area (Å²) < 4.78 is 0. The van der Waals surface area contributed by atoms with Crippen LogP contribution < -0.4 is 0 Å². The Bertz CT molecular complexity index is 302. The summed E-state index contributed by atoms with van der Waals surface area (Å²) in [5.74, 6) is 3.22. The van der Waals surface area contributed by atoms with Crippen molar-refractivity contribution in [3.05, 3.63) is 11.6 Å². The Morgan fingerprint density at radius 2 is 2.14 bits per heavy atom. The molecule has 2 saturated carbocycles. The van der Waals surface area contributed by atoms with Crippen LogP contribution in [0.3, 0.4) is 0 Å². The summed E-state index contributed by atoms with van der Waals surface area (Å²) in [6.07, 6.45) is 8.52. The second-order valence-electron chi connectivity index (χ2n) is 5.24. The molecule has 0 radical (unpaired) electrons. The van der Waals surface area contributed by atoms with Crippen LogP contribution in [-0.4, -0.2) is 5.78 Å². The molecule has 0 N–H and O–H groups in total. The number of Topliss-reactive ketones (excluding diaryl/α,β-unsaturated/α-hetero) is 1. The van der Waals surface area contributed by atoms with E-state index in [1.165, 1.54) is 24.8 Å². The number of allylic oxidation sites excluding steroid dienone is 2. The molecular formula is C13H18O. The third-order valence-electron chi connectivity index (χ3n) is 4.51. The van der Waals surface area contributed by atoms with Crippen molar-refractivity contribution in [3.63, 3.8) is 0 Å². The minimum absolute atomic E-state index is 0.426. The van der Waals surface area contributed by atoms with Crippen molar-refractivity contribution in [1.82, 2.24) is 0 Å². The average Bonchev–Trinajstić information content (AvgIpc) is 2.81. The zero-order chi connectivity index (χ0) is 9.71. The van der Waals surface area contributed by atoms with Gasteiger partial charge in [-0.05, 0) is 49.0 Å². The lowest BCUT2D eigenvalue weighted by atomic mass is 9.81. The zero-order valence-corrected chi connectivity index (χ0v) is 8.83. The van der Waals surface area contributed by atoms with E-state index in [1.54, 1.807) is 0 Å². The summed E-state index contributed by atoms with van der Waals surface area (Å²) in [6.45, 7) is 2.16. The number of carbonyl (C=O) groups excluding carboxylic acids is 1. The number of fused-ring (bicyclic) bond motifs is 5. The molecule has 76 valence electrons. The molecule has 0 unspecified atom stereocenters. The number of hydrogen-bond acceptors (Lipinski definition) is 1. The molecule has 14 heavy (non-hydrogen) atoms. The van der Waals surface area contributed by atoms with Gasteiger partial charge in [-0.3, -0.25) is 4.79 Å². The minimum Gasteiger partial charge on any atom is -0.294 e. The fourth-order valence-corrected chi connectivity index (χ4v) is 3.97. The van der Waals surface area contributed by atoms with Crippen molar-refractivity contribution in [2.24, 2.45) is 23.7 Å². The summed E-state index contributed by atoms with van der Waals surface area (Å²) in [7, 11) is 0. The fourth-order valence-electron chi connectivity index (χ4n) is 3.97. The Hall–Kier alpha value is -0.590. The molecule has 3 aliphatic rings. The Kier molecular flexibility index (Phi) is 1.83. The van der Waals surface area contributed by atoms with Gasteiger partial charge in [0.1, 0.15) is 0 Å². The van der Waals surface area contributed by atoms with Crippen LogP contribution in [0.15, 0.2) is 11.6 Å². The molecular weight excluding hydrogens is 172 g/mol. The topological polar surface area (TPSA) is 17.1 Å². The first-order valence-corrected chi connectivity index (χ1v) is 6.06. The molecule has 0 aromatic heterocycles. The Balaban J connectivity index is 1.87. The summed E-state index contributed by atoms with van der Waals surface area (Å²) >= 11 is 0. The second-order valence-corrected chi connectivity index (χ2v) is 5.24. The lowest BCUT2D eigenvalue weighted by Crippen LogP contribution is -2.23. The van der Waals surface area contributed by atoms with Crippen LogP contribution in [0.4, 0.5) is 0 Å². The summed E-state index contributed by atoms with van der Waals surface area (Å²) in [5.41, 5.74) is 1.17. The molecule has 2 bridgehead atoms. The quantitative estimate of drug-likeness (QED) is 0.654. The normalized spacial score (nSPS) is 44.4. The lowest BCUT2D eigenvalue weighted by Gasteiger charge is -2.22. The lowest BCUT2D eigenvalue weighted by molar-refractivity contribution is -0.120. The van der Waals surface area contributed by atoms with E-state index in [1.807, 2.05) is 0 Å². The van der Waals surface area contributed by atoms with E-state index in [0.717, 1.165) is 24.7 Å². The van der Waals surface area contributed by atoms with Gasteiger partial charge in [0.25, 0.3) is 0 Å². The van der Waals surface area contributed by atoms with Crippen molar-refractivity contribution < 1.29 is 4.79 Å². The highest BCUT2D eigenvalue weighted by molar-refractivity contribution is 6.00. The Morgan fingerprint density at radius 3 is 2.86 bits per heavy atom. The minimum atomic E-state index is 0.426. The molecule has 1 nitrogen and oxygen atoms in total. The predicted molar refractivity (Wildman–Crippen MR) is 55.8 cm³/mol. The molecule has 0 aromatic carbocycles. The van der Waals surface area contributed by atoms with Crippen LogP contribution in [0.25, 0.3) is 0 Å². The summed E-state index contributed by atoms with van der Waals surface area (Å²) in [6, 6.07) is 0. The smallest absolute Gasteiger partial charge is 0.162 e. The molecule has 0 aromatic rings. The van der Waals surface area contributed by atoms with Gasteiger partial charge in [-0.2, -0.15) is 0 Å². The molecule has 3 aliphatic carbocycles. The summed E-state index contributed by atoms with van der Waals surface area (Å²) in [5, 5.41) is 0. The molecule has 4 atom stereocenters. The first kappa shape index (κ1) is 8.70. The van der Waals surface area contributed by atoms with E-state index in [4.69, 9.17) is 0 Å². The van der Waals surface area contributed by atoms with Gasteiger partial charge >= 0.3 is 0 Å². The number of rotatable bonds is 2. The van der Waals surface area contributed by atoms with Crippen LogP contribution in [0, 0.1) is 23.7 Å². The first-order valence-electron chi connectivity index (χ1n) is 6.06. The van der Waals surface area contributed by atoms with E-state index in [9.17, 15) is 4.79 Å². The standard InChI is InChI=1S/C13H18O/c1-2-3-10-7-11-8-4-5-9(6-8)12(11)13(10)14/h7-9,11-12H,2-6H2,1H3/t8-,9+,11+,12-/m0/s1. The third-order valence-corrected chi connectivity index (χ3v) is 4.51. The predicted octanol–water partition coefficient (Wildman–Crippen LogP) is 2.96. The second kappa shape index (κ2) is 2.95. The number of carbonyl (C=O) groups is 1. The van der Waals surface area contributed by atoms with E-state index in [-0.39, 0.29) is 0 Å². The van der Waals surface area contributed by atoms with Gasteiger partial charge in [-0.15, -0.1) is 0 Å². The zero-order valence-electron chi connectivity index (χ0n) is 8.83. The van der Waals surface area contributed by atoms with Crippen molar-refractivity contribution >= 4 is 5.78 Å². The van der Waals surface area contributed by atoms with Crippen LogP contribution in [0.2, 0.25) is 0 Å². The van der Waals surface area contributed by atoms with Gasteiger partial charge in [0.2, 0.25) is 0 Å². The SMILES string of the molecule is CCCC1=C[C@@H]2[C@H]3CC[C@H](C3)[C@@H]2C1=O. The monoisotopic (exact) mass is 190 g/mol. The first-order chi connectivity index (χ1) is 6.81. The van der Waals surface area contributed by atoms with E-state index < -0.39 is 0 Å². The highest BCUT2D eigenvalue weighted by Gasteiger charge is 2.52. The Morgan fingerprint density at radius 1 is 1.36 bits per heavy atom. The summed E-state index contributed by atoms with van der Waals surface area (Å²) in [4.78, 5) is 12.1. The van der Waals surface area contributed by atoms with Gasteiger partial charge in [0.15, 0.2) is 5.78 Å². The van der Waals surface area contributed by atoms with E-state index in [0.29, 0.717) is 17.6 Å². The van der Waals surface area contributed by atoms with Crippen molar-refractivity contribution in [2.75, 3.05) is 0 Å². The molecule has 3 rings (SSSR count). The fraction of sp³-hybridized carbons (Fsp3) is 0.769. The van der Waals surface area contributed by atoms with Gasteiger partial charge in [0.05, 0.1) is 0 Å². The van der Waals surface area contributed by atoms with Gasteiger partial charge < -0.3 is 0 Å². The van der Waals surface area contributed by atoms with Gasteiger partial charge in [-0.1, -0.05) is 19.4 Å². The molecule has 0 spiro atoms. The molecule has 0 aliphatic heterocycles. The maximum absolute atomic E-state index is 12.1. The van der Waals surface area contributed by atoms with Crippen LogP contribution >= 0.6 is 0 Å². The maximum atomic E-state index is 12.1. The molecule has 1 heteroatoms. The molecule has 2 fully saturated rings. The van der Waals surface area contributed by atoms with Crippen LogP contribution in [-0.2, 0) is 4.79 Å². The third kappa shape index (κ3) is 0.986. The number of ketones is 1. The van der Waals surface area contributed by atoms with E-state index >= 15 is 0 Å². The molecule has 0 heterocycles. The number of hydrogen-bond donors (Lipinski definition) is 0. The molecule has 0 saturated heterocycles. The van der Waals surface area contributed by atoms with Gasteiger partial charge in [0, 0.05) is 5.92 Å². The van der Waals surface area contributed by atoms with E-state index in [2.05, 4.69) is 13.0 Å². The van der Waals surface area contributed by atoms with Crippen molar-refractivity contribution in [1.29, 1.82) is 0 Å². The highest BCUT2D eigenvalue weighted by Crippen LogP contribution is 2.56. The van der Waals surface area contributed by atoms with Gasteiger partial charge in [-0.25, -0.2) is 0 Å². The maximum Gasteiger partial charge on any atom is 0.162 e. The van der Waals surface area contributed by atoms with Crippen LogP contribution in [0.1, 0.15) is 39.0 Å². The largest absolute Gasteiger partial charge is 0.294 e. The molecule has 0 amide bonds.